The Balaban J connectivity index is 1.80. The molecule has 3 aromatic rings. The van der Waals surface area contributed by atoms with Gasteiger partial charge in [0.2, 0.25) is 5.95 Å². The first-order valence-corrected chi connectivity index (χ1v) is 10.5. The Morgan fingerprint density at radius 2 is 1.51 bits per heavy atom. The molecule has 1 N–H and O–H groups in total. The highest BCUT2D eigenvalue weighted by Gasteiger charge is 2.74. The zero-order valence-electron chi connectivity index (χ0n) is 18.7. The van der Waals surface area contributed by atoms with Crippen LogP contribution in [0.2, 0.25) is 0 Å². The van der Waals surface area contributed by atoms with Crippen LogP contribution in [-0.2, 0) is 0 Å². The maximum Gasteiger partial charge on any atom is 0.431 e. The van der Waals surface area contributed by atoms with Crippen molar-refractivity contribution >= 4 is 11.4 Å². The minimum Gasteiger partial charge on any atom is -0.369 e. The Bertz CT molecular complexity index is 1340. The lowest BCUT2D eigenvalue weighted by Crippen LogP contribution is -2.62. The Morgan fingerprint density at radius 1 is 0.892 bits per heavy atom. The third-order valence-corrected chi connectivity index (χ3v) is 5.99. The number of halogens is 9. The highest BCUT2D eigenvalue weighted by Crippen LogP contribution is 2.49. The van der Waals surface area contributed by atoms with E-state index >= 15 is 0 Å². The van der Waals surface area contributed by atoms with Crippen LogP contribution < -0.4 is 5.01 Å². The van der Waals surface area contributed by atoms with Gasteiger partial charge in [0.1, 0.15) is 5.82 Å². The van der Waals surface area contributed by atoms with E-state index in [9.17, 15) is 44.6 Å². The summed E-state index contributed by atoms with van der Waals surface area (Å²) in [5.74, 6) is -3.04. The smallest absolute Gasteiger partial charge is 0.369 e. The summed E-state index contributed by atoms with van der Waals surface area (Å²) in [5.41, 5.74) is -5.96. The number of aromatic nitrogens is 1. The highest BCUT2D eigenvalue weighted by molar-refractivity contribution is 5.97. The van der Waals surface area contributed by atoms with Gasteiger partial charge in [0.15, 0.2) is 5.82 Å². The summed E-state index contributed by atoms with van der Waals surface area (Å²) < 4.78 is 122. The molecular formula is C24H16F9N3O. The number of pyridine rings is 1. The quantitative estimate of drug-likeness (QED) is 0.302. The first-order valence-electron chi connectivity index (χ1n) is 10.5. The van der Waals surface area contributed by atoms with E-state index in [-0.39, 0.29) is 5.56 Å². The van der Waals surface area contributed by atoms with Crippen molar-refractivity contribution in [3.63, 3.8) is 0 Å². The van der Waals surface area contributed by atoms with Crippen molar-refractivity contribution in [1.29, 1.82) is 0 Å². The summed E-state index contributed by atoms with van der Waals surface area (Å²) in [5, 5.41) is 13.8. The predicted molar refractivity (Wildman–Crippen MR) is 115 cm³/mol. The van der Waals surface area contributed by atoms with E-state index in [1.807, 2.05) is 0 Å². The standard InChI is InChI=1S/C24H16F9N3O/c1-12-8-21(27)34-11-16(12)13-2-4-14(5-3-13)19-10-20(22(37,23(28,29)30)24(31,32)33)35-36(19)18-7-6-15(25)9-17(18)26/h2-9,11,19,37H,10H2,1H3. The molecular weight excluding hydrogens is 517 g/mol. The second kappa shape index (κ2) is 9.05. The van der Waals surface area contributed by atoms with E-state index in [2.05, 4.69) is 10.1 Å². The fourth-order valence-corrected chi connectivity index (χ4v) is 4.07. The summed E-state index contributed by atoms with van der Waals surface area (Å²) in [7, 11) is 0. The van der Waals surface area contributed by atoms with Crippen LogP contribution in [0.3, 0.4) is 0 Å². The number of hydrazone groups is 1. The average Bonchev–Trinajstić information content (AvgIpc) is 3.22. The molecule has 37 heavy (non-hydrogen) atoms. The van der Waals surface area contributed by atoms with Crippen molar-refractivity contribution in [3.05, 3.63) is 83.4 Å². The van der Waals surface area contributed by atoms with Gasteiger partial charge in [-0.05, 0) is 41.8 Å². The summed E-state index contributed by atoms with van der Waals surface area (Å²) in [6, 6.07) is 7.37. The molecule has 0 amide bonds. The van der Waals surface area contributed by atoms with E-state index in [0.717, 1.165) is 12.1 Å². The average molecular weight is 533 g/mol. The van der Waals surface area contributed by atoms with Crippen molar-refractivity contribution < 1.29 is 44.6 Å². The zero-order chi connectivity index (χ0) is 27.3. The van der Waals surface area contributed by atoms with Gasteiger partial charge in [-0.2, -0.15) is 35.8 Å². The molecule has 0 saturated carbocycles. The molecule has 0 bridgehead atoms. The third-order valence-electron chi connectivity index (χ3n) is 5.99. The molecule has 196 valence electrons. The largest absolute Gasteiger partial charge is 0.431 e. The van der Waals surface area contributed by atoms with Gasteiger partial charge in [-0.25, -0.2) is 13.8 Å². The Morgan fingerprint density at radius 3 is 2.05 bits per heavy atom. The van der Waals surface area contributed by atoms with E-state index < -0.39 is 59.4 Å². The SMILES string of the molecule is Cc1cc(F)ncc1-c1ccc(C2CC(C(O)(C(F)(F)F)C(F)(F)F)=NN2c2ccc(F)cc2F)cc1. The Hall–Kier alpha value is -3.61. The lowest BCUT2D eigenvalue weighted by molar-refractivity contribution is -0.338. The van der Waals surface area contributed by atoms with Crippen molar-refractivity contribution in [2.24, 2.45) is 5.10 Å². The van der Waals surface area contributed by atoms with Crippen LogP contribution in [-0.4, -0.2) is 33.8 Å². The molecule has 1 aliphatic rings. The molecule has 4 rings (SSSR count). The lowest BCUT2D eigenvalue weighted by Gasteiger charge is -2.32. The molecule has 0 radical (unpaired) electrons. The number of aliphatic hydroxyl groups is 1. The fourth-order valence-electron chi connectivity index (χ4n) is 4.07. The van der Waals surface area contributed by atoms with Gasteiger partial charge in [-0.3, -0.25) is 5.01 Å². The van der Waals surface area contributed by atoms with Gasteiger partial charge < -0.3 is 5.11 Å². The second-order valence-corrected chi connectivity index (χ2v) is 8.36. The third kappa shape index (κ3) is 4.63. The summed E-state index contributed by atoms with van der Waals surface area (Å²) in [4.78, 5) is 3.56. The molecule has 2 aromatic carbocycles. The van der Waals surface area contributed by atoms with Crippen LogP contribution in [0.4, 0.5) is 45.2 Å². The molecule has 1 unspecified atom stereocenters. The van der Waals surface area contributed by atoms with Crippen LogP contribution in [0.1, 0.15) is 23.6 Å². The van der Waals surface area contributed by atoms with Crippen molar-refractivity contribution in [3.8, 4) is 11.1 Å². The van der Waals surface area contributed by atoms with Gasteiger partial charge in [0.25, 0.3) is 5.60 Å². The van der Waals surface area contributed by atoms with E-state index in [1.54, 1.807) is 6.92 Å². The molecule has 2 heterocycles. The number of alkyl halides is 6. The predicted octanol–water partition coefficient (Wildman–Crippen LogP) is 6.64. The van der Waals surface area contributed by atoms with Gasteiger partial charge in [0, 0.05) is 24.2 Å². The van der Waals surface area contributed by atoms with Crippen LogP contribution in [0, 0.1) is 24.5 Å². The summed E-state index contributed by atoms with van der Waals surface area (Å²) in [6.07, 6.45) is -12.2. The molecule has 0 saturated heterocycles. The maximum atomic E-state index is 14.5. The number of hydrogen-bond donors (Lipinski definition) is 1. The zero-order valence-corrected chi connectivity index (χ0v) is 18.7. The normalized spacial score (nSPS) is 16.8. The molecule has 1 atom stereocenters. The number of benzene rings is 2. The Kier molecular flexibility index (Phi) is 6.47. The topological polar surface area (TPSA) is 48.7 Å². The van der Waals surface area contributed by atoms with E-state index in [4.69, 9.17) is 0 Å². The van der Waals surface area contributed by atoms with Gasteiger partial charge in [0.05, 0.1) is 17.4 Å². The molecule has 4 nitrogen and oxygen atoms in total. The lowest BCUT2D eigenvalue weighted by atomic mass is 9.89. The number of hydrogen-bond acceptors (Lipinski definition) is 4. The molecule has 0 fully saturated rings. The van der Waals surface area contributed by atoms with Crippen molar-refractivity contribution in [1.82, 2.24) is 4.98 Å². The minimum absolute atomic E-state index is 0.116. The van der Waals surface area contributed by atoms with E-state index in [0.29, 0.717) is 27.8 Å². The minimum atomic E-state index is -6.19. The monoisotopic (exact) mass is 533 g/mol. The number of anilines is 1. The van der Waals surface area contributed by atoms with Crippen molar-refractivity contribution in [2.45, 2.75) is 37.3 Å². The highest BCUT2D eigenvalue weighted by atomic mass is 19.4. The first kappa shape index (κ1) is 26.5. The second-order valence-electron chi connectivity index (χ2n) is 8.36. The van der Waals surface area contributed by atoms with Crippen LogP contribution in [0.25, 0.3) is 11.1 Å². The molecule has 0 aliphatic carbocycles. The first-order chi connectivity index (χ1) is 17.1. The Labute approximate surface area is 203 Å². The molecule has 1 aliphatic heterocycles. The van der Waals surface area contributed by atoms with Crippen LogP contribution >= 0.6 is 0 Å². The van der Waals surface area contributed by atoms with Crippen LogP contribution in [0.15, 0.2) is 59.8 Å². The van der Waals surface area contributed by atoms with Crippen LogP contribution in [0.5, 0.6) is 0 Å². The van der Waals surface area contributed by atoms with Gasteiger partial charge in [-0.1, -0.05) is 24.3 Å². The van der Waals surface area contributed by atoms with E-state index in [1.165, 1.54) is 36.5 Å². The molecule has 1 aromatic heterocycles. The maximum absolute atomic E-state index is 14.5. The van der Waals surface area contributed by atoms with Gasteiger partial charge >= 0.3 is 12.4 Å². The molecule has 13 heteroatoms. The fraction of sp³-hybridized carbons (Fsp3) is 0.250. The van der Waals surface area contributed by atoms with Gasteiger partial charge in [-0.15, -0.1) is 0 Å². The number of nitrogens with zero attached hydrogens (tertiary/aromatic N) is 3. The summed E-state index contributed by atoms with van der Waals surface area (Å²) in [6.45, 7) is 1.61. The van der Waals surface area contributed by atoms with Crippen molar-refractivity contribution in [2.75, 3.05) is 5.01 Å². The summed E-state index contributed by atoms with van der Waals surface area (Å²) >= 11 is 0. The number of aryl methyl sites for hydroxylation is 1. The number of rotatable bonds is 4. The molecule has 0 spiro atoms.